The molecule has 0 radical (unpaired) electrons. The summed E-state index contributed by atoms with van der Waals surface area (Å²) in [5, 5.41) is 0. The van der Waals surface area contributed by atoms with Crippen LogP contribution in [0.25, 0.3) is 0 Å². The zero-order valence-corrected chi connectivity index (χ0v) is 11.0. The van der Waals surface area contributed by atoms with Crippen LogP contribution in [0.2, 0.25) is 0 Å². The van der Waals surface area contributed by atoms with Crippen molar-refractivity contribution < 1.29 is 22.3 Å². The largest absolute Gasteiger partial charge is 0.494 e. The average molecular weight is 299 g/mol. The molecule has 19 heavy (non-hydrogen) atoms. The number of ether oxygens (including phenoxy) is 1. The van der Waals surface area contributed by atoms with E-state index in [2.05, 4.69) is 0 Å². The number of alkyl halides is 4. The van der Waals surface area contributed by atoms with E-state index in [0.29, 0.717) is 18.6 Å². The molecule has 6 heteroatoms. The number of hydrogen-bond acceptors (Lipinski definition) is 1. The highest BCUT2D eigenvalue weighted by Crippen LogP contribution is 2.33. The molecule has 0 unspecified atom stereocenters. The van der Waals surface area contributed by atoms with Crippen LogP contribution in [0.1, 0.15) is 31.2 Å². The molecule has 0 fully saturated rings. The smallest absolute Gasteiger partial charge is 0.419 e. The SMILES string of the molecule is Fc1ccc(OCCCCCCCl)cc1C(F)(F)F. The van der Waals surface area contributed by atoms with E-state index in [0.717, 1.165) is 31.7 Å². The predicted octanol–water partition coefficient (Wildman–Crippen LogP) is 5.02. The highest BCUT2D eigenvalue weighted by molar-refractivity contribution is 6.17. The third kappa shape index (κ3) is 5.68. The van der Waals surface area contributed by atoms with Gasteiger partial charge >= 0.3 is 6.18 Å². The van der Waals surface area contributed by atoms with Gasteiger partial charge in [-0.3, -0.25) is 0 Å². The Kier molecular flexibility index (Phi) is 6.42. The Balaban J connectivity index is 2.47. The second-order valence-corrected chi connectivity index (χ2v) is 4.47. The third-order valence-electron chi connectivity index (χ3n) is 2.54. The summed E-state index contributed by atoms with van der Waals surface area (Å²) in [6, 6.07) is 2.66. The van der Waals surface area contributed by atoms with E-state index in [9.17, 15) is 17.6 Å². The summed E-state index contributed by atoms with van der Waals surface area (Å²) in [5.74, 6) is -0.652. The molecule has 0 spiro atoms. The van der Waals surface area contributed by atoms with Crippen LogP contribution in [0, 0.1) is 5.82 Å². The molecule has 0 saturated carbocycles. The van der Waals surface area contributed by atoms with E-state index in [1.54, 1.807) is 0 Å². The van der Waals surface area contributed by atoms with Gasteiger partial charge in [0.25, 0.3) is 0 Å². The van der Waals surface area contributed by atoms with Crippen molar-refractivity contribution in [2.75, 3.05) is 12.5 Å². The second kappa shape index (κ2) is 7.58. The summed E-state index contributed by atoms with van der Waals surface area (Å²) in [6.07, 6.45) is -1.19. The van der Waals surface area contributed by atoms with E-state index in [1.165, 1.54) is 6.07 Å². The van der Waals surface area contributed by atoms with Gasteiger partial charge in [-0.15, -0.1) is 11.6 Å². The first-order valence-electron chi connectivity index (χ1n) is 6.00. The Bertz CT molecular complexity index is 393. The lowest BCUT2D eigenvalue weighted by molar-refractivity contribution is -0.140. The summed E-state index contributed by atoms with van der Waals surface area (Å²) in [7, 11) is 0. The Morgan fingerprint density at radius 1 is 1.05 bits per heavy atom. The Hall–Kier alpha value is -0.970. The van der Waals surface area contributed by atoms with Gasteiger partial charge in [-0.25, -0.2) is 4.39 Å². The topological polar surface area (TPSA) is 9.23 Å². The average Bonchev–Trinajstić information content (AvgIpc) is 2.34. The molecule has 0 aliphatic rings. The van der Waals surface area contributed by atoms with E-state index < -0.39 is 17.6 Å². The van der Waals surface area contributed by atoms with Crippen molar-refractivity contribution in [2.45, 2.75) is 31.9 Å². The molecule has 1 nitrogen and oxygen atoms in total. The monoisotopic (exact) mass is 298 g/mol. The summed E-state index contributed by atoms with van der Waals surface area (Å²) in [4.78, 5) is 0. The molecule has 108 valence electrons. The maximum absolute atomic E-state index is 13.0. The van der Waals surface area contributed by atoms with Crippen molar-refractivity contribution in [2.24, 2.45) is 0 Å². The van der Waals surface area contributed by atoms with Crippen molar-refractivity contribution >= 4 is 11.6 Å². The molecule has 0 aliphatic heterocycles. The molecule has 0 heterocycles. The summed E-state index contributed by atoms with van der Waals surface area (Å²) in [6.45, 7) is 0.311. The van der Waals surface area contributed by atoms with Crippen LogP contribution in [0.4, 0.5) is 17.6 Å². The molecular weight excluding hydrogens is 284 g/mol. The van der Waals surface area contributed by atoms with E-state index in [4.69, 9.17) is 16.3 Å². The minimum atomic E-state index is -4.70. The van der Waals surface area contributed by atoms with Gasteiger partial charge in [0.2, 0.25) is 0 Å². The van der Waals surface area contributed by atoms with Crippen molar-refractivity contribution in [3.8, 4) is 5.75 Å². The lowest BCUT2D eigenvalue weighted by Gasteiger charge is -2.11. The molecule has 0 atom stereocenters. The quantitative estimate of drug-likeness (QED) is 0.390. The lowest BCUT2D eigenvalue weighted by Crippen LogP contribution is -2.08. The number of unbranched alkanes of at least 4 members (excludes halogenated alkanes) is 3. The molecule has 0 saturated heterocycles. The minimum Gasteiger partial charge on any atom is -0.494 e. The van der Waals surface area contributed by atoms with Gasteiger partial charge in [0.15, 0.2) is 0 Å². The second-order valence-electron chi connectivity index (χ2n) is 4.09. The first-order chi connectivity index (χ1) is 8.95. The standard InChI is InChI=1S/C13H15ClF4O/c14-7-3-1-2-4-8-19-10-5-6-12(15)11(9-10)13(16,17)18/h5-6,9H,1-4,7-8H2. The first kappa shape index (κ1) is 16.1. The zero-order chi connectivity index (χ0) is 14.3. The number of halogens is 5. The van der Waals surface area contributed by atoms with Crippen LogP contribution < -0.4 is 4.74 Å². The minimum absolute atomic E-state index is 0.0334. The van der Waals surface area contributed by atoms with Gasteiger partial charge in [0.1, 0.15) is 11.6 Å². The lowest BCUT2D eigenvalue weighted by atomic mass is 10.2. The Labute approximate surface area is 114 Å². The molecular formula is C13H15ClF4O. The number of rotatable bonds is 7. The van der Waals surface area contributed by atoms with Crippen LogP contribution in [0.15, 0.2) is 18.2 Å². The van der Waals surface area contributed by atoms with E-state index >= 15 is 0 Å². The fraction of sp³-hybridized carbons (Fsp3) is 0.538. The maximum Gasteiger partial charge on any atom is 0.419 e. The first-order valence-corrected chi connectivity index (χ1v) is 6.54. The summed E-state index contributed by atoms with van der Waals surface area (Å²) < 4.78 is 55.5. The van der Waals surface area contributed by atoms with Crippen molar-refractivity contribution in [3.63, 3.8) is 0 Å². The van der Waals surface area contributed by atoms with Crippen LogP contribution in [-0.2, 0) is 6.18 Å². The Morgan fingerprint density at radius 2 is 1.74 bits per heavy atom. The van der Waals surface area contributed by atoms with Crippen molar-refractivity contribution in [3.05, 3.63) is 29.6 Å². The van der Waals surface area contributed by atoms with Crippen LogP contribution in [-0.4, -0.2) is 12.5 Å². The molecule has 1 rings (SSSR count). The summed E-state index contributed by atoms with van der Waals surface area (Å²) in [5.41, 5.74) is -1.30. The van der Waals surface area contributed by atoms with Crippen molar-refractivity contribution in [1.29, 1.82) is 0 Å². The van der Waals surface area contributed by atoms with E-state index in [-0.39, 0.29) is 5.75 Å². The Morgan fingerprint density at radius 3 is 2.37 bits per heavy atom. The van der Waals surface area contributed by atoms with Gasteiger partial charge < -0.3 is 4.74 Å². The molecule has 0 aliphatic carbocycles. The normalized spacial score (nSPS) is 11.6. The van der Waals surface area contributed by atoms with Gasteiger partial charge in [0.05, 0.1) is 12.2 Å². The molecule has 0 bridgehead atoms. The number of hydrogen-bond donors (Lipinski definition) is 0. The molecule has 0 N–H and O–H groups in total. The van der Waals surface area contributed by atoms with Crippen LogP contribution in [0.3, 0.4) is 0 Å². The molecule has 0 aromatic heterocycles. The van der Waals surface area contributed by atoms with Crippen molar-refractivity contribution in [1.82, 2.24) is 0 Å². The molecule has 0 amide bonds. The highest BCUT2D eigenvalue weighted by Gasteiger charge is 2.34. The van der Waals surface area contributed by atoms with Gasteiger partial charge in [-0.05, 0) is 31.0 Å². The molecule has 1 aromatic carbocycles. The van der Waals surface area contributed by atoms with Crippen LogP contribution >= 0.6 is 11.6 Å². The van der Waals surface area contributed by atoms with Crippen LogP contribution in [0.5, 0.6) is 5.75 Å². The fourth-order valence-electron chi connectivity index (χ4n) is 1.55. The van der Waals surface area contributed by atoms with Gasteiger partial charge in [0, 0.05) is 5.88 Å². The highest BCUT2D eigenvalue weighted by atomic mass is 35.5. The molecule has 1 aromatic rings. The van der Waals surface area contributed by atoms with E-state index in [1.807, 2.05) is 0 Å². The fourth-order valence-corrected chi connectivity index (χ4v) is 1.74. The zero-order valence-electron chi connectivity index (χ0n) is 10.3. The maximum atomic E-state index is 13.0. The number of benzene rings is 1. The van der Waals surface area contributed by atoms with Gasteiger partial charge in [-0.1, -0.05) is 12.8 Å². The third-order valence-corrected chi connectivity index (χ3v) is 2.81. The summed E-state index contributed by atoms with van der Waals surface area (Å²) >= 11 is 5.51. The van der Waals surface area contributed by atoms with Gasteiger partial charge in [-0.2, -0.15) is 13.2 Å². The predicted molar refractivity (Wildman–Crippen MR) is 66.1 cm³/mol.